The van der Waals surface area contributed by atoms with Crippen molar-refractivity contribution in [3.05, 3.63) is 85.1 Å². The molecule has 1 saturated heterocycles. The van der Waals surface area contributed by atoms with Crippen molar-refractivity contribution in [2.45, 2.75) is 173 Å². The molecule has 13 heteroatoms. The van der Waals surface area contributed by atoms with Crippen LogP contribution in [0.4, 0.5) is 0 Å². The van der Waals surface area contributed by atoms with E-state index in [0.717, 1.165) is 70.6 Å². The predicted molar refractivity (Wildman–Crippen MR) is 234 cm³/mol. The number of aliphatic hydroxyl groups is 3. The highest BCUT2D eigenvalue weighted by atomic mass is 32.3. The molecular formula is C46H76O12S. The zero-order valence-corrected chi connectivity index (χ0v) is 36.6. The summed E-state index contributed by atoms with van der Waals surface area (Å²) < 4.78 is 58.9. The van der Waals surface area contributed by atoms with E-state index in [2.05, 4.69) is 90.9 Å². The van der Waals surface area contributed by atoms with Crippen LogP contribution < -0.4 is 0 Å². The lowest BCUT2D eigenvalue weighted by atomic mass is 9.99. The molecule has 1 heterocycles. The largest absolute Gasteiger partial charge is 0.457 e. The van der Waals surface area contributed by atoms with Crippen LogP contribution in [0, 0.1) is 0 Å². The first-order valence-corrected chi connectivity index (χ1v) is 23.2. The molecule has 0 aromatic rings. The molecular weight excluding hydrogens is 777 g/mol. The molecule has 0 aromatic carbocycles. The number of carbonyl (C=O) groups is 1. The number of unbranched alkanes of at least 4 members (excludes halogenated alkanes) is 9. The molecule has 1 fully saturated rings. The minimum atomic E-state index is -5.07. The van der Waals surface area contributed by atoms with Gasteiger partial charge in [0.05, 0.1) is 19.8 Å². The predicted octanol–water partition coefficient (Wildman–Crippen LogP) is 8.90. The fourth-order valence-electron chi connectivity index (χ4n) is 5.98. The lowest BCUT2D eigenvalue weighted by Gasteiger charge is -2.41. The van der Waals surface area contributed by atoms with Gasteiger partial charge in [-0.1, -0.05) is 137 Å². The highest BCUT2D eigenvalue weighted by Crippen LogP contribution is 2.26. The van der Waals surface area contributed by atoms with Crippen molar-refractivity contribution in [2.24, 2.45) is 0 Å². The Morgan fingerprint density at radius 1 is 0.661 bits per heavy atom. The van der Waals surface area contributed by atoms with Gasteiger partial charge in [-0.3, -0.25) is 9.35 Å². The molecule has 6 atom stereocenters. The van der Waals surface area contributed by atoms with Gasteiger partial charge in [-0.05, 0) is 77.0 Å². The number of ether oxygens (including phenoxy) is 4. The summed E-state index contributed by atoms with van der Waals surface area (Å²) >= 11 is 0. The summed E-state index contributed by atoms with van der Waals surface area (Å²) in [5, 5.41) is 30.6. The van der Waals surface area contributed by atoms with Crippen LogP contribution in [-0.2, 0) is 38.3 Å². The van der Waals surface area contributed by atoms with E-state index in [1.807, 2.05) is 12.2 Å². The van der Waals surface area contributed by atoms with E-state index in [1.165, 1.54) is 38.5 Å². The Labute approximate surface area is 355 Å². The molecule has 0 aliphatic carbocycles. The third-order valence-electron chi connectivity index (χ3n) is 9.26. The molecule has 0 bridgehead atoms. The fraction of sp³-hybridized carbons (Fsp3) is 0.674. The Morgan fingerprint density at radius 3 is 1.71 bits per heavy atom. The number of esters is 1. The highest BCUT2D eigenvalue weighted by Gasteiger charge is 2.48. The summed E-state index contributed by atoms with van der Waals surface area (Å²) in [7, 11) is -5.07. The van der Waals surface area contributed by atoms with E-state index in [9.17, 15) is 28.5 Å². The van der Waals surface area contributed by atoms with E-state index >= 15 is 0 Å². The lowest BCUT2D eigenvalue weighted by molar-refractivity contribution is -0.301. The van der Waals surface area contributed by atoms with E-state index in [0.29, 0.717) is 13.0 Å². The third kappa shape index (κ3) is 30.9. The van der Waals surface area contributed by atoms with Crippen LogP contribution in [-0.4, -0.2) is 97.5 Å². The van der Waals surface area contributed by atoms with Crippen LogP contribution >= 0.6 is 0 Å². The molecule has 1 aliphatic heterocycles. The summed E-state index contributed by atoms with van der Waals surface area (Å²) in [4.78, 5) is 12.8. The van der Waals surface area contributed by atoms with E-state index < -0.39 is 59.8 Å². The molecule has 1 aliphatic rings. The average molecular weight is 853 g/mol. The minimum absolute atomic E-state index is 0.00391. The van der Waals surface area contributed by atoms with Crippen molar-refractivity contribution in [1.29, 1.82) is 0 Å². The van der Waals surface area contributed by atoms with E-state index in [4.69, 9.17) is 23.5 Å². The van der Waals surface area contributed by atoms with Crippen molar-refractivity contribution in [1.82, 2.24) is 0 Å². The molecule has 1 rings (SSSR count). The molecule has 12 nitrogen and oxygen atoms in total. The average Bonchev–Trinajstić information content (AvgIpc) is 3.20. The second kappa shape index (κ2) is 37.1. The number of hydrogen-bond donors (Lipinski definition) is 4. The topological polar surface area (TPSA) is 178 Å². The van der Waals surface area contributed by atoms with Gasteiger partial charge in [0.25, 0.3) is 0 Å². The Balaban J connectivity index is 2.52. The summed E-state index contributed by atoms with van der Waals surface area (Å²) in [5.74, 6) is -0.487. The Bertz CT molecular complexity index is 1350. The number of allylic oxidation sites excluding steroid dienone is 14. The van der Waals surface area contributed by atoms with Crippen LogP contribution in [0.1, 0.15) is 136 Å². The molecule has 0 radical (unpaired) electrons. The van der Waals surface area contributed by atoms with Gasteiger partial charge in [0.1, 0.15) is 30.5 Å². The van der Waals surface area contributed by atoms with E-state index in [-0.39, 0.29) is 19.6 Å². The monoisotopic (exact) mass is 853 g/mol. The summed E-state index contributed by atoms with van der Waals surface area (Å²) in [6.07, 6.45) is 39.2. The molecule has 0 aromatic heterocycles. The molecule has 338 valence electrons. The van der Waals surface area contributed by atoms with Gasteiger partial charge in [0.2, 0.25) is 0 Å². The van der Waals surface area contributed by atoms with Gasteiger partial charge in [-0.25, -0.2) is 4.18 Å². The highest BCUT2D eigenvalue weighted by molar-refractivity contribution is 7.80. The maximum atomic E-state index is 12.8. The summed E-state index contributed by atoms with van der Waals surface area (Å²) in [5.41, 5.74) is 0. The smallest absolute Gasteiger partial charge is 0.397 e. The van der Waals surface area contributed by atoms with Gasteiger partial charge in [-0.2, -0.15) is 8.42 Å². The van der Waals surface area contributed by atoms with Gasteiger partial charge < -0.3 is 34.3 Å². The van der Waals surface area contributed by atoms with Gasteiger partial charge in [0.15, 0.2) is 6.29 Å². The molecule has 6 unspecified atom stereocenters. The Hall–Kier alpha value is -2.72. The maximum absolute atomic E-state index is 12.8. The number of aliphatic hydroxyl groups excluding tert-OH is 3. The zero-order chi connectivity index (χ0) is 43.2. The molecule has 59 heavy (non-hydrogen) atoms. The summed E-state index contributed by atoms with van der Waals surface area (Å²) in [6, 6.07) is 0. The SMILES string of the molecule is CC/C=C\C/C=C\C/C=C\C/C=C\C/C=C\C/C=C\CCC(=O)OC(COCCCCCCCC/C=C\CCCCC)COC1OC(CO)C(O)C(OS(=O)(=O)O)C1O. The molecule has 0 saturated carbocycles. The first-order chi connectivity index (χ1) is 28.6. The van der Waals surface area contributed by atoms with Crippen molar-refractivity contribution in [2.75, 3.05) is 26.4 Å². The first kappa shape index (κ1) is 54.3. The molecule has 0 spiro atoms. The van der Waals surface area contributed by atoms with Crippen molar-refractivity contribution in [3.63, 3.8) is 0 Å². The van der Waals surface area contributed by atoms with Gasteiger partial charge in [0, 0.05) is 13.0 Å². The van der Waals surface area contributed by atoms with Crippen LogP contribution in [0.15, 0.2) is 85.1 Å². The quantitative estimate of drug-likeness (QED) is 0.0204. The van der Waals surface area contributed by atoms with Crippen molar-refractivity contribution in [3.8, 4) is 0 Å². The Kier molecular flexibility index (Phi) is 34.1. The lowest BCUT2D eigenvalue weighted by Crippen LogP contribution is -2.60. The number of carbonyl (C=O) groups excluding carboxylic acids is 1. The molecule has 4 N–H and O–H groups in total. The first-order valence-electron chi connectivity index (χ1n) is 21.8. The maximum Gasteiger partial charge on any atom is 0.397 e. The minimum Gasteiger partial charge on any atom is -0.457 e. The third-order valence-corrected chi connectivity index (χ3v) is 9.73. The second-order valence-corrected chi connectivity index (χ2v) is 15.6. The van der Waals surface area contributed by atoms with Crippen molar-refractivity contribution < 1.29 is 56.2 Å². The zero-order valence-electron chi connectivity index (χ0n) is 35.8. The van der Waals surface area contributed by atoms with Gasteiger partial charge >= 0.3 is 16.4 Å². The van der Waals surface area contributed by atoms with Crippen LogP contribution in [0.5, 0.6) is 0 Å². The van der Waals surface area contributed by atoms with Crippen LogP contribution in [0.25, 0.3) is 0 Å². The fourth-order valence-corrected chi connectivity index (χ4v) is 6.49. The number of hydrogen-bond acceptors (Lipinski definition) is 11. The van der Waals surface area contributed by atoms with Crippen LogP contribution in [0.3, 0.4) is 0 Å². The molecule has 0 amide bonds. The van der Waals surface area contributed by atoms with Crippen LogP contribution in [0.2, 0.25) is 0 Å². The van der Waals surface area contributed by atoms with Gasteiger partial charge in [-0.15, -0.1) is 0 Å². The standard InChI is InChI=1S/C46H76O12S/c1-3-5-7-9-11-13-15-17-18-19-20-21-22-23-25-27-29-31-33-35-42(48)56-40(38-54-36-34-32-30-28-26-24-16-14-12-10-8-6-4-2)39-55-46-44(50)45(58-59(51,52)53)43(49)41(37-47)57-46/h5,7,11-14,17-18,20-21,23,25,29,31,40-41,43-47,49-50H,3-4,6,8-10,15-16,19,22,24,26-28,30,32-39H2,1-2H3,(H,51,52,53)/b7-5-,13-11-,14-12-,18-17-,21-20-,25-23-,31-29-. The second-order valence-electron chi connectivity index (χ2n) is 14.5. The van der Waals surface area contributed by atoms with Crippen molar-refractivity contribution >= 4 is 16.4 Å². The number of rotatable bonds is 36. The normalized spacial score (nSPS) is 21.2. The van der Waals surface area contributed by atoms with E-state index in [1.54, 1.807) is 0 Å². The summed E-state index contributed by atoms with van der Waals surface area (Å²) in [6.45, 7) is 3.71. The Morgan fingerprint density at radius 2 is 1.17 bits per heavy atom.